The summed E-state index contributed by atoms with van der Waals surface area (Å²) in [6.07, 6.45) is 0. The van der Waals surface area contributed by atoms with Crippen LogP contribution in [0, 0.1) is 6.92 Å². The molecule has 0 saturated heterocycles. The highest BCUT2D eigenvalue weighted by molar-refractivity contribution is 8.01. The summed E-state index contributed by atoms with van der Waals surface area (Å²) in [6.45, 7) is 4.38. The van der Waals surface area contributed by atoms with Crippen LogP contribution in [0.15, 0.2) is 15.7 Å². The van der Waals surface area contributed by atoms with Crippen LogP contribution in [0.5, 0.6) is 0 Å². The lowest BCUT2D eigenvalue weighted by molar-refractivity contribution is 0.300. The van der Waals surface area contributed by atoms with Gasteiger partial charge in [-0.05, 0) is 23.9 Å². The maximum Gasteiger partial charge on any atom is 0.0631 e. The van der Waals surface area contributed by atoms with E-state index in [1.165, 1.54) is 9.77 Å². The molecule has 0 fully saturated rings. The van der Waals surface area contributed by atoms with Crippen LogP contribution in [0.25, 0.3) is 0 Å². The lowest BCUT2D eigenvalue weighted by Gasteiger charge is -2.05. The van der Waals surface area contributed by atoms with Gasteiger partial charge >= 0.3 is 0 Å². The van der Waals surface area contributed by atoms with E-state index in [0.717, 1.165) is 0 Å². The number of aliphatic hydroxyl groups is 1. The lowest BCUT2D eigenvalue weighted by Crippen LogP contribution is -2.00. The SMILES string of the molecule is Cc1ccsc1SC(C)CO. The van der Waals surface area contributed by atoms with Crippen molar-refractivity contribution in [2.24, 2.45) is 0 Å². The van der Waals surface area contributed by atoms with Gasteiger partial charge in [-0.2, -0.15) is 0 Å². The minimum Gasteiger partial charge on any atom is -0.395 e. The highest BCUT2D eigenvalue weighted by atomic mass is 32.2. The largest absolute Gasteiger partial charge is 0.395 e. The Morgan fingerprint density at radius 3 is 2.91 bits per heavy atom. The first-order valence-electron chi connectivity index (χ1n) is 3.55. The Bertz CT molecular complexity index is 220. The second-order valence-corrected chi connectivity index (χ2v) is 5.13. The molecule has 0 aromatic carbocycles. The van der Waals surface area contributed by atoms with Crippen molar-refractivity contribution in [2.45, 2.75) is 23.3 Å². The van der Waals surface area contributed by atoms with E-state index >= 15 is 0 Å². The first-order chi connectivity index (χ1) is 5.24. The van der Waals surface area contributed by atoms with Crippen molar-refractivity contribution in [1.82, 2.24) is 0 Å². The highest BCUT2D eigenvalue weighted by Crippen LogP contribution is 2.30. The molecule has 0 spiro atoms. The predicted molar refractivity (Wildman–Crippen MR) is 51.5 cm³/mol. The Morgan fingerprint density at radius 2 is 2.45 bits per heavy atom. The molecule has 0 aliphatic rings. The van der Waals surface area contributed by atoms with Crippen molar-refractivity contribution in [3.63, 3.8) is 0 Å². The van der Waals surface area contributed by atoms with Crippen molar-refractivity contribution in [3.05, 3.63) is 17.0 Å². The van der Waals surface area contributed by atoms with Crippen molar-refractivity contribution < 1.29 is 5.11 Å². The number of thiophene rings is 1. The molecule has 1 N–H and O–H groups in total. The molecule has 0 radical (unpaired) electrons. The van der Waals surface area contributed by atoms with E-state index in [9.17, 15) is 0 Å². The zero-order chi connectivity index (χ0) is 8.27. The van der Waals surface area contributed by atoms with E-state index < -0.39 is 0 Å². The quantitative estimate of drug-likeness (QED) is 0.736. The van der Waals surface area contributed by atoms with Gasteiger partial charge in [0.1, 0.15) is 0 Å². The Balaban J connectivity index is 2.56. The first kappa shape index (κ1) is 9.10. The molecule has 0 aliphatic carbocycles. The molecule has 0 saturated carbocycles. The van der Waals surface area contributed by atoms with Crippen LogP contribution in [0.2, 0.25) is 0 Å². The lowest BCUT2D eigenvalue weighted by atomic mass is 10.4. The van der Waals surface area contributed by atoms with Crippen LogP contribution in [0.4, 0.5) is 0 Å². The molecular formula is C8H12OS2. The summed E-state index contributed by atoms with van der Waals surface area (Å²) in [5.41, 5.74) is 1.32. The van der Waals surface area contributed by atoms with Gasteiger partial charge < -0.3 is 5.11 Å². The third-order valence-corrected chi connectivity index (χ3v) is 3.85. The maximum atomic E-state index is 8.81. The Morgan fingerprint density at radius 1 is 1.73 bits per heavy atom. The van der Waals surface area contributed by atoms with E-state index in [1.807, 2.05) is 6.92 Å². The molecule has 1 rings (SSSR count). The number of rotatable bonds is 3. The highest BCUT2D eigenvalue weighted by Gasteiger charge is 2.05. The smallest absolute Gasteiger partial charge is 0.0631 e. The molecule has 62 valence electrons. The number of aliphatic hydroxyl groups excluding tert-OH is 1. The van der Waals surface area contributed by atoms with Gasteiger partial charge in [-0.1, -0.05) is 6.92 Å². The molecule has 1 heterocycles. The van der Waals surface area contributed by atoms with Gasteiger partial charge in [0.05, 0.1) is 10.8 Å². The van der Waals surface area contributed by atoms with Gasteiger partial charge in [-0.25, -0.2) is 0 Å². The van der Waals surface area contributed by atoms with Gasteiger partial charge in [-0.15, -0.1) is 23.1 Å². The summed E-state index contributed by atoms with van der Waals surface area (Å²) in [5.74, 6) is 0. The summed E-state index contributed by atoms with van der Waals surface area (Å²) in [4.78, 5) is 0. The van der Waals surface area contributed by atoms with Gasteiger partial charge in [0.15, 0.2) is 0 Å². The van der Waals surface area contributed by atoms with Gasteiger partial charge in [0, 0.05) is 5.25 Å². The Kier molecular flexibility index (Phi) is 3.43. The maximum absolute atomic E-state index is 8.81. The topological polar surface area (TPSA) is 20.2 Å². The molecule has 11 heavy (non-hydrogen) atoms. The van der Waals surface area contributed by atoms with E-state index in [2.05, 4.69) is 18.4 Å². The van der Waals surface area contributed by atoms with Crippen LogP contribution in [-0.4, -0.2) is 17.0 Å². The van der Waals surface area contributed by atoms with Crippen molar-refractivity contribution in [3.8, 4) is 0 Å². The summed E-state index contributed by atoms with van der Waals surface area (Å²) in [5, 5.41) is 11.2. The zero-order valence-corrected chi connectivity index (χ0v) is 8.34. The van der Waals surface area contributed by atoms with Gasteiger partial charge in [0.2, 0.25) is 0 Å². The fourth-order valence-electron chi connectivity index (χ4n) is 0.700. The standard InChI is InChI=1S/C8H12OS2/c1-6-3-4-10-8(6)11-7(2)5-9/h3-4,7,9H,5H2,1-2H3. The molecule has 0 bridgehead atoms. The van der Waals surface area contributed by atoms with Gasteiger partial charge in [-0.3, -0.25) is 0 Å². The van der Waals surface area contributed by atoms with Crippen LogP contribution < -0.4 is 0 Å². The minimum absolute atomic E-state index is 0.252. The van der Waals surface area contributed by atoms with E-state index in [1.54, 1.807) is 23.1 Å². The Labute approximate surface area is 75.4 Å². The number of hydrogen-bond acceptors (Lipinski definition) is 3. The van der Waals surface area contributed by atoms with Crippen LogP contribution >= 0.6 is 23.1 Å². The first-order valence-corrected chi connectivity index (χ1v) is 5.31. The fraction of sp³-hybridized carbons (Fsp3) is 0.500. The van der Waals surface area contributed by atoms with Crippen molar-refractivity contribution >= 4 is 23.1 Å². The average molecular weight is 188 g/mol. The summed E-state index contributed by atoms with van der Waals surface area (Å²) >= 11 is 3.49. The molecule has 1 aromatic rings. The summed E-state index contributed by atoms with van der Waals surface area (Å²) < 4.78 is 1.33. The number of hydrogen-bond donors (Lipinski definition) is 1. The number of thioether (sulfide) groups is 1. The molecule has 1 atom stereocenters. The molecule has 1 nitrogen and oxygen atoms in total. The zero-order valence-electron chi connectivity index (χ0n) is 6.70. The van der Waals surface area contributed by atoms with Crippen molar-refractivity contribution in [1.29, 1.82) is 0 Å². The van der Waals surface area contributed by atoms with Crippen LogP contribution in [0.1, 0.15) is 12.5 Å². The van der Waals surface area contributed by atoms with E-state index in [4.69, 9.17) is 5.11 Å². The second kappa shape index (κ2) is 4.14. The predicted octanol–water partition coefficient (Wildman–Crippen LogP) is 2.53. The molecule has 1 unspecified atom stereocenters. The molecule has 3 heteroatoms. The minimum atomic E-state index is 0.252. The van der Waals surface area contributed by atoms with Crippen molar-refractivity contribution in [2.75, 3.05) is 6.61 Å². The van der Waals surface area contributed by atoms with E-state index in [0.29, 0.717) is 5.25 Å². The van der Waals surface area contributed by atoms with Gasteiger partial charge in [0.25, 0.3) is 0 Å². The normalized spacial score (nSPS) is 13.4. The van der Waals surface area contributed by atoms with E-state index in [-0.39, 0.29) is 6.61 Å². The van der Waals surface area contributed by atoms with Crippen LogP contribution in [-0.2, 0) is 0 Å². The summed E-state index contributed by atoms with van der Waals surface area (Å²) in [7, 11) is 0. The average Bonchev–Trinajstić information content (AvgIpc) is 2.37. The second-order valence-electron chi connectivity index (χ2n) is 2.50. The molecular weight excluding hydrogens is 176 g/mol. The Hall–Kier alpha value is 0.01000. The molecule has 1 aromatic heterocycles. The third kappa shape index (κ3) is 2.51. The van der Waals surface area contributed by atoms with Crippen LogP contribution in [0.3, 0.4) is 0 Å². The summed E-state index contributed by atoms with van der Waals surface area (Å²) in [6, 6.07) is 2.11. The monoisotopic (exact) mass is 188 g/mol. The third-order valence-electron chi connectivity index (χ3n) is 1.38. The number of aryl methyl sites for hydroxylation is 1. The molecule has 0 aliphatic heterocycles. The molecule has 0 amide bonds. The fourth-order valence-corrected chi connectivity index (χ4v) is 2.92.